The highest BCUT2D eigenvalue weighted by Gasteiger charge is 2.44. The number of quaternary nitrogens is 1. The molecule has 9 heteroatoms. The molecule has 0 saturated carbocycles. The summed E-state index contributed by atoms with van der Waals surface area (Å²) in [5.74, 6) is -2.61. The Morgan fingerprint density at radius 2 is 1.97 bits per heavy atom. The standard InChI is InChI=1S/C25H30BrN3O5/c1-6-34-25(33)20-14(2)18(15(3)27-20)22(30)19-21(16-9-7-10-17(26)13-16)29(24(32)23(19)31)12-8-11-28(4)5/h7,9-10,13,21,27,30H,6,8,11-12H2,1-5H3. The number of hydrogen-bond donors (Lipinski definition) is 2. The normalized spacial score (nSPS) is 17.6. The van der Waals surface area contributed by atoms with Crippen molar-refractivity contribution in [2.24, 2.45) is 0 Å². The summed E-state index contributed by atoms with van der Waals surface area (Å²) in [6.45, 7) is 6.35. The first-order valence-corrected chi connectivity index (χ1v) is 12.0. The number of amides is 1. The van der Waals surface area contributed by atoms with Crippen LogP contribution in [-0.2, 0) is 14.3 Å². The third kappa shape index (κ3) is 4.95. The molecule has 8 nitrogen and oxygen atoms in total. The minimum absolute atomic E-state index is 0.0964. The molecule has 1 saturated heterocycles. The van der Waals surface area contributed by atoms with Crippen molar-refractivity contribution in [1.82, 2.24) is 9.88 Å². The average molecular weight is 532 g/mol. The quantitative estimate of drug-likeness (QED) is 0.231. The zero-order valence-corrected chi connectivity index (χ0v) is 21.7. The van der Waals surface area contributed by atoms with E-state index in [1.54, 1.807) is 26.8 Å². The molecule has 34 heavy (non-hydrogen) atoms. The number of nitrogens with one attached hydrogen (secondary N) is 2. The number of carbonyl (C=O) groups excluding carboxylic acids is 3. The second-order valence-corrected chi connectivity index (χ2v) is 9.60. The Bertz CT molecular complexity index is 1150. The molecule has 2 heterocycles. The molecule has 0 aliphatic carbocycles. The lowest BCUT2D eigenvalue weighted by molar-refractivity contribution is -0.858. The van der Waals surface area contributed by atoms with Gasteiger partial charge < -0.3 is 24.6 Å². The van der Waals surface area contributed by atoms with Crippen LogP contribution in [0.4, 0.5) is 0 Å². The number of aromatic amines is 1. The van der Waals surface area contributed by atoms with E-state index in [-0.39, 0.29) is 23.4 Å². The van der Waals surface area contributed by atoms with E-state index in [1.165, 1.54) is 9.80 Å². The van der Waals surface area contributed by atoms with Crippen LogP contribution < -0.4 is 10.0 Å². The molecule has 1 unspecified atom stereocenters. The number of Topliss-reactive ketones (excluding diaryl/α,β-unsaturated/α-hetero) is 1. The van der Waals surface area contributed by atoms with E-state index in [4.69, 9.17) is 4.74 Å². The highest BCUT2D eigenvalue weighted by atomic mass is 79.9. The number of likely N-dealkylation sites (tertiary alicyclic amines) is 1. The predicted molar refractivity (Wildman–Crippen MR) is 129 cm³/mol. The molecular weight excluding hydrogens is 502 g/mol. The van der Waals surface area contributed by atoms with Crippen LogP contribution in [0.3, 0.4) is 0 Å². The molecule has 1 atom stereocenters. The lowest BCUT2D eigenvalue weighted by Crippen LogP contribution is -3.05. The maximum absolute atomic E-state index is 13.8. The van der Waals surface area contributed by atoms with Crippen LogP contribution in [0, 0.1) is 13.8 Å². The summed E-state index contributed by atoms with van der Waals surface area (Å²) in [7, 11) is 4.03. The first-order valence-electron chi connectivity index (χ1n) is 11.3. The number of ketones is 1. The third-order valence-corrected chi connectivity index (χ3v) is 6.41. The van der Waals surface area contributed by atoms with E-state index < -0.39 is 29.5 Å². The zero-order valence-electron chi connectivity index (χ0n) is 20.1. The van der Waals surface area contributed by atoms with Gasteiger partial charge in [-0.3, -0.25) is 9.59 Å². The summed E-state index contributed by atoms with van der Waals surface area (Å²) in [6, 6.07) is 6.47. The smallest absolute Gasteiger partial charge is 0.355 e. The average Bonchev–Trinajstić information content (AvgIpc) is 3.21. The van der Waals surface area contributed by atoms with Crippen molar-refractivity contribution in [2.45, 2.75) is 33.2 Å². The Morgan fingerprint density at radius 1 is 1.26 bits per heavy atom. The number of rotatable bonds is 8. The van der Waals surface area contributed by atoms with E-state index in [1.807, 2.05) is 32.3 Å². The highest BCUT2D eigenvalue weighted by Crippen LogP contribution is 2.40. The number of ether oxygens (including phenoxy) is 1. The summed E-state index contributed by atoms with van der Waals surface area (Å²) in [5, 5.41) is 13.8. The van der Waals surface area contributed by atoms with Crippen molar-refractivity contribution in [1.29, 1.82) is 0 Å². The van der Waals surface area contributed by atoms with Crippen LogP contribution in [0.1, 0.15) is 52.3 Å². The van der Waals surface area contributed by atoms with Crippen LogP contribution in [0.25, 0.3) is 5.76 Å². The van der Waals surface area contributed by atoms with Crippen molar-refractivity contribution in [2.75, 3.05) is 33.8 Å². The van der Waals surface area contributed by atoms with Crippen LogP contribution in [-0.4, -0.2) is 61.3 Å². The molecule has 0 radical (unpaired) electrons. The van der Waals surface area contributed by atoms with Crippen LogP contribution in [0.15, 0.2) is 34.3 Å². The fourth-order valence-electron chi connectivity index (χ4n) is 4.36. The number of halogens is 1. The summed E-state index contributed by atoms with van der Waals surface area (Å²) >= 11 is 3.45. The summed E-state index contributed by atoms with van der Waals surface area (Å²) < 4.78 is 5.86. The first kappa shape index (κ1) is 25.7. The van der Waals surface area contributed by atoms with Gasteiger partial charge in [-0.1, -0.05) is 33.8 Å². The van der Waals surface area contributed by atoms with Crippen LogP contribution in [0.2, 0.25) is 0 Å². The van der Waals surface area contributed by atoms with Gasteiger partial charge in [0, 0.05) is 28.7 Å². The summed E-state index contributed by atoms with van der Waals surface area (Å²) in [4.78, 5) is 44.2. The van der Waals surface area contributed by atoms with E-state index in [2.05, 4.69) is 20.9 Å². The van der Waals surface area contributed by atoms with Gasteiger partial charge >= 0.3 is 5.97 Å². The summed E-state index contributed by atoms with van der Waals surface area (Å²) in [6.07, 6.45) is 0.683. The van der Waals surface area contributed by atoms with E-state index in [0.29, 0.717) is 29.8 Å². The van der Waals surface area contributed by atoms with Crippen LogP contribution >= 0.6 is 15.9 Å². The minimum Gasteiger partial charge on any atom is -0.872 e. The number of hydrogen-bond acceptors (Lipinski definition) is 5. The Kier molecular flexibility index (Phi) is 7.99. The number of aryl methyl sites for hydroxylation is 1. The topological polar surface area (TPSA) is 107 Å². The van der Waals surface area contributed by atoms with Crippen molar-refractivity contribution >= 4 is 39.3 Å². The van der Waals surface area contributed by atoms with E-state index in [0.717, 1.165) is 11.0 Å². The second kappa shape index (κ2) is 10.6. The predicted octanol–water partition coefficient (Wildman–Crippen LogP) is 1.33. The van der Waals surface area contributed by atoms with Crippen molar-refractivity contribution < 1.29 is 29.1 Å². The molecule has 0 spiro atoms. The lowest BCUT2D eigenvalue weighted by atomic mass is 9.94. The van der Waals surface area contributed by atoms with Gasteiger partial charge in [-0.15, -0.1) is 0 Å². The molecule has 1 aromatic heterocycles. The van der Waals surface area contributed by atoms with Gasteiger partial charge in [0.05, 0.1) is 33.3 Å². The largest absolute Gasteiger partial charge is 0.872 e. The summed E-state index contributed by atoms with van der Waals surface area (Å²) in [5.41, 5.74) is 1.81. The zero-order chi connectivity index (χ0) is 25.2. The molecule has 1 aliphatic rings. The molecule has 2 aromatic rings. The lowest BCUT2D eigenvalue weighted by Gasteiger charge is -2.28. The maximum Gasteiger partial charge on any atom is 0.355 e. The van der Waals surface area contributed by atoms with E-state index in [9.17, 15) is 19.5 Å². The molecular formula is C25H30BrN3O5. The fraction of sp³-hybridized carbons (Fsp3) is 0.400. The monoisotopic (exact) mass is 531 g/mol. The SMILES string of the molecule is CCOC(=O)c1[nH]c(C)c(C([O-])=C2C(=O)C(=O)N(CCC[NH+](C)C)C2c2cccc(Br)c2)c1C. The Balaban J connectivity index is 2.16. The Morgan fingerprint density at radius 3 is 2.59 bits per heavy atom. The molecule has 1 amide bonds. The maximum atomic E-state index is 13.8. The molecule has 1 fully saturated rings. The molecule has 182 valence electrons. The Hall–Kier alpha value is -2.91. The van der Waals surface area contributed by atoms with Gasteiger partial charge in [-0.2, -0.15) is 0 Å². The Labute approximate surface area is 207 Å². The van der Waals surface area contributed by atoms with Crippen molar-refractivity contribution in [3.8, 4) is 0 Å². The number of benzene rings is 1. The van der Waals surface area contributed by atoms with Crippen molar-refractivity contribution in [3.63, 3.8) is 0 Å². The molecule has 0 bridgehead atoms. The number of aromatic nitrogens is 1. The van der Waals surface area contributed by atoms with E-state index >= 15 is 0 Å². The van der Waals surface area contributed by atoms with Gasteiger partial charge in [0.15, 0.2) is 0 Å². The fourth-order valence-corrected chi connectivity index (χ4v) is 4.78. The van der Waals surface area contributed by atoms with Gasteiger partial charge in [0.2, 0.25) is 5.78 Å². The molecule has 2 N–H and O–H groups in total. The number of carbonyl (C=O) groups is 3. The number of esters is 1. The number of nitrogens with zero attached hydrogens (tertiary/aromatic N) is 1. The van der Waals surface area contributed by atoms with Gasteiger partial charge in [0.25, 0.3) is 5.91 Å². The second-order valence-electron chi connectivity index (χ2n) is 8.68. The number of H-pyrrole nitrogens is 1. The minimum atomic E-state index is -0.804. The van der Waals surface area contributed by atoms with Gasteiger partial charge in [-0.05, 0) is 49.6 Å². The molecule has 1 aromatic carbocycles. The molecule has 1 aliphatic heterocycles. The molecule has 3 rings (SSSR count). The highest BCUT2D eigenvalue weighted by molar-refractivity contribution is 9.10. The van der Waals surface area contributed by atoms with Gasteiger partial charge in [-0.25, -0.2) is 4.79 Å². The third-order valence-electron chi connectivity index (χ3n) is 5.91. The van der Waals surface area contributed by atoms with Gasteiger partial charge in [0.1, 0.15) is 5.69 Å². The van der Waals surface area contributed by atoms with Crippen molar-refractivity contribution in [3.05, 3.63) is 62.4 Å². The first-order chi connectivity index (χ1) is 16.1. The van der Waals surface area contributed by atoms with Crippen LogP contribution in [0.5, 0.6) is 0 Å².